The molecule has 2 rings (SSSR count). The first-order valence-corrected chi connectivity index (χ1v) is 5.84. The van der Waals surface area contributed by atoms with Gasteiger partial charge in [0.25, 0.3) is 5.91 Å². The monoisotopic (exact) mass is 232 g/mol. The molecule has 2 N–H and O–H groups in total. The van der Waals surface area contributed by atoms with Crippen molar-refractivity contribution in [1.82, 2.24) is 5.32 Å². The maximum absolute atomic E-state index is 11.8. The first-order valence-electron chi connectivity index (χ1n) is 5.84. The smallest absolute Gasteiger partial charge is 0.253 e. The lowest BCUT2D eigenvalue weighted by atomic mass is 9.85. The number of nitrogens with one attached hydrogen (secondary N) is 2. The van der Waals surface area contributed by atoms with Crippen LogP contribution < -0.4 is 10.6 Å². The van der Waals surface area contributed by atoms with E-state index < -0.39 is 0 Å². The average Bonchev–Trinajstić information content (AvgIpc) is 2.26. The first kappa shape index (κ1) is 11.6. The molecule has 0 bridgehead atoms. The number of amides is 2. The average molecular weight is 232 g/mol. The van der Waals surface area contributed by atoms with Gasteiger partial charge >= 0.3 is 0 Å². The summed E-state index contributed by atoms with van der Waals surface area (Å²) in [6.45, 7) is 0. The highest BCUT2D eigenvalue weighted by molar-refractivity contribution is 6.04. The quantitative estimate of drug-likeness (QED) is 0.834. The van der Waals surface area contributed by atoms with Gasteiger partial charge in [0.15, 0.2) is 0 Å². The van der Waals surface area contributed by atoms with Gasteiger partial charge in [0.2, 0.25) is 5.91 Å². The van der Waals surface area contributed by atoms with Gasteiger partial charge in [0, 0.05) is 13.0 Å². The van der Waals surface area contributed by atoms with Crippen LogP contribution in [0.15, 0.2) is 24.3 Å². The molecule has 1 fully saturated rings. The van der Waals surface area contributed by atoms with Crippen molar-refractivity contribution >= 4 is 17.5 Å². The molecule has 0 atom stereocenters. The third-order valence-corrected chi connectivity index (χ3v) is 3.13. The number of benzene rings is 1. The molecule has 17 heavy (non-hydrogen) atoms. The fourth-order valence-corrected chi connectivity index (χ4v) is 1.83. The van der Waals surface area contributed by atoms with E-state index in [9.17, 15) is 9.59 Å². The Bertz CT molecular complexity index is 439. The SMILES string of the molecule is CNC(=O)c1ccccc1NC(=O)C1CCC1. The van der Waals surface area contributed by atoms with Crippen LogP contribution in [0.1, 0.15) is 29.6 Å². The molecule has 4 heteroatoms. The Morgan fingerprint density at radius 1 is 1.24 bits per heavy atom. The van der Waals surface area contributed by atoms with Crippen LogP contribution >= 0.6 is 0 Å². The molecule has 1 aliphatic rings. The van der Waals surface area contributed by atoms with Gasteiger partial charge in [-0.3, -0.25) is 9.59 Å². The topological polar surface area (TPSA) is 58.2 Å². The Kier molecular flexibility index (Phi) is 3.42. The normalized spacial score (nSPS) is 14.9. The summed E-state index contributed by atoms with van der Waals surface area (Å²) in [6.07, 6.45) is 3.02. The van der Waals surface area contributed by atoms with E-state index in [1.165, 1.54) is 0 Å². The van der Waals surface area contributed by atoms with Crippen molar-refractivity contribution in [2.24, 2.45) is 5.92 Å². The molecule has 0 unspecified atom stereocenters. The minimum Gasteiger partial charge on any atom is -0.355 e. The third-order valence-electron chi connectivity index (χ3n) is 3.13. The van der Waals surface area contributed by atoms with Crippen LogP contribution in [-0.2, 0) is 4.79 Å². The lowest BCUT2D eigenvalue weighted by molar-refractivity contribution is -0.122. The Morgan fingerprint density at radius 2 is 1.94 bits per heavy atom. The van der Waals surface area contributed by atoms with Gasteiger partial charge in [-0.1, -0.05) is 18.6 Å². The fraction of sp³-hybridized carbons (Fsp3) is 0.385. The summed E-state index contributed by atoms with van der Waals surface area (Å²) < 4.78 is 0. The van der Waals surface area contributed by atoms with Gasteiger partial charge in [0.1, 0.15) is 0 Å². The van der Waals surface area contributed by atoms with Crippen molar-refractivity contribution < 1.29 is 9.59 Å². The molecule has 0 saturated heterocycles. The number of carbonyl (C=O) groups excluding carboxylic acids is 2. The van der Waals surface area contributed by atoms with Crippen LogP contribution in [0.25, 0.3) is 0 Å². The van der Waals surface area contributed by atoms with Gasteiger partial charge in [-0.05, 0) is 25.0 Å². The maximum atomic E-state index is 11.8. The number of rotatable bonds is 3. The molecule has 4 nitrogen and oxygen atoms in total. The van der Waals surface area contributed by atoms with Gasteiger partial charge in [-0.15, -0.1) is 0 Å². The van der Waals surface area contributed by atoms with Crippen molar-refractivity contribution in [2.75, 3.05) is 12.4 Å². The minimum atomic E-state index is -0.186. The Morgan fingerprint density at radius 3 is 2.53 bits per heavy atom. The summed E-state index contributed by atoms with van der Waals surface area (Å²) in [5.74, 6) is -0.0464. The van der Waals surface area contributed by atoms with Gasteiger partial charge < -0.3 is 10.6 Å². The second-order valence-corrected chi connectivity index (χ2v) is 4.24. The molecule has 0 radical (unpaired) electrons. The summed E-state index contributed by atoms with van der Waals surface area (Å²) in [5.41, 5.74) is 1.09. The molecule has 1 aromatic rings. The van der Waals surface area contributed by atoms with E-state index in [-0.39, 0.29) is 17.7 Å². The van der Waals surface area contributed by atoms with Crippen molar-refractivity contribution in [1.29, 1.82) is 0 Å². The number of hydrogen-bond donors (Lipinski definition) is 2. The van der Waals surface area contributed by atoms with Crippen molar-refractivity contribution in [3.05, 3.63) is 29.8 Å². The highest BCUT2D eigenvalue weighted by Crippen LogP contribution is 2.28. The maximum Gasteiger partial charge on any atom is 0.253 e. The molecule has 1 aliphatic carbocycles. The van der Waals surface area contributed by atoms with E-state index >= 15 is 0 Å². The van der Waals surface area contributed by atoms with Gasteiger partial charge in [-0.2, -0.15) is 0 Å². The fourth-order valence-electron chi connectivity index (χ4n) is 1.83. The standard InChI is InChI=1S/C13H16N2O2/c1-14-13(17)10-7-2-3-8-11(10)15-12(16)9-5-4-6-9/h2-3,7-9H,4-6H2,1H3,(H,14,17)(H,15,16). The van der Waals surface area contributed by atoms with Crippen LogP contribution in [-0.4, -0.2) is 18.9 Å². The van der Waals surface area contributed by atoms with E-state index in [1.807, 2.05) is 6.07 Å². The molecule has 1 aromatic carbocycles. The van der Waals surface area contributed by atoms with Crippen molar-refractivity contribution in [3.8, 4) is 0 Å². The van der Waals surface area contributed by atoms with Crippen LogP contribution in [0.2, 0.25) is 0 Å². The van der Waals surface area contributed by atoms with Crippen LogP contribution in [0.5, 0.6) is 0 Å². The number of carbonyl (C=O) groups is 2. The summed E-state index contributed by atoms with van der Waals surface area (Å²) in [4.78, 5) is 23.4. The van der Waals surface area contributed by atoms with E-state index in [0.717, 1.165) is 19.3 Å². The van der Waals surface area contributed by atoms with Gasteiger partial charge in [-0.25, -0.2) is 0 Å². The number of para-hydroxylation sites is 1. The largest absolute Gasteiger partial charge is 0.355 e. The van der Waals surface area contributed by atoms with Crippen LogP contribution in [0.4, 0.5) is 5.69 Å². The van der Waals surface area contributed by atoms with E-state index in [4.69, 9.17) is 0 Å². The second-order valence-electron chi connectivity index (χ2n) is 4.24. The molecule has 0 spiro atoms. The zero-order valence-electron chi connectivity index (χ0n) is 9.82. The summed E-state index contributed by atoms with van der Waals surface area (Å²) >= 11 is 0. The predicted molar refractivity (Wildman–Crippen MR) is 65.8 cm³/mol. The Hall–Kier alpha value is -1.84. The summed E-state index contributed by atoms with van der Waals surface area (Å²) in [6, 6.07) is 7.04. The van der Waals surface area contributed by atoms with E-state index in [0.29, 0.717) is 11.3 Å². The third kappa shape index (κ3) is 2.46. The number of hydrogen-bond acceptors (Lipinski definition) is 2. The zero-order valence-corrected chi connectivity index (χ0v) is 9.82. The number of anilines is 1. The molecule has 0 heterocycles. The molecule has 0 aromatic heterocycles. The Labute approximate surface area is 100 Å². The van der Waals surface area contributed by atoms with E-state index in [1.54, 1.807) is 25.2 Å². The van der Waals surface area contributed by atoms with Crippen LogP contribution in [0, 0.1) is 5.92 Å². The second kappa shape index (κ2) is 4.99. The highest BCUT2D eigenvalue weighted by atomic mass is 16.2. The Balaban J connectivity index is 2.14. The summed E-state index contributed by atoms with van der Waals surface area (Å²) in [7, 11) is 1.58. The molecular weight excluding hydrogens is 216 g/mol. The molecule has 0 aliphatic heterocycles. The molecule has 1 saturated carbocycles. The van der Waals surface area contributed by atoms with Gasteiger partial charge in [0.05, 0.1) is 11.3 Å². The lowest BCUT2D eigenvalue weighted by Crippen LogP contribution is -2.29. The zero-order chi connectivity index (χ0) is 12.3. The first-order chi connectivity index (χ1) is 8.22. The van der Waals surface area contributed by atoms with Crippen molar-refractivity contribution in [3.63, 3.8) is 0 Å². The predicted octanol–water partition coefficient (Wildman–Crippen LogP) is 1.78. The van der Waals surface area contributed by atoms with Crippen molar-refractivity contribution in [2.45, 2.75) is 19.3 Å². The van der Waals surface area contributed by atoms with E-state index in [2.05, 4.69) is 10.6 Å². The summed E-state index contributed by atoms with van der Waals surface area (Å²) in [5, 5.41) is 5.39. The molecular formula is C13H16N2O2. The molecule has 90 valence electrons. The van der Waals surface area contributed by atoms with Crippen LogP contribution in [0.3, 0.4) is 0 Å². The lowest BCUT2D eigenvalue weighted by Gasteiger charge is -2.24. The highest BCUT2D eigenvalue weighted by Gasteiger charge is 2.25. The molecule has 2 amide bonds. The minimum absolute atomic E-state index is 0.0209.